The molecule has 0 aromatic carbocycles. The van der Waals surface area contributed by atoms with Crippen LogP contribution in [0.15, 0.2) is 6.33 Å². The Morgan fingerprint density at radius 1 is 1.42 bits per heavy atom. The summed E-state index contributed by atoms with van der Waals surface area (Å²) in [4.78, 5) is 32.6. The maximum Gasteiger partial charge on any atom is 0.353 e. The van der Waals surface area contributed by atoms with E-state index < -0.39 is 4.92 Å². The summed E-state index contributed by atoms with van der Waals surface area (Å²) in [5.74, 6) is 0.0279. The first-order valence-corrected chi connectivity index (χ1v) is 5.47. The van der Waals surface area contributed by atoms with Crippen molar-refractivity contribution < 1.29 is 9.72 Å². The Morgan fingerprint density at radius 3 is 2.53 bits per heavy atom. The summed E-state index contributed by atoms with van der Waals surface area (Å²) in [5, 5.41) is 13.7. The van der Waals surface area contributed by atoms with E-state index in [4.69, 9.17) is 0 Å². The van der Waals surface area contributed by atoms with Gasteiger partial charge in [0.15, 0.2) is 0 Å². The first-order valence-electron chi connectivity index (χ1n) is 5.47. The molecule has 1 aromatic heterocycles. The second-order valence-corrected chi connectivity index (χ2v) is 4.05. The van der Waals surface area contributed by atoms with Gasteiger partial charge in [0.1, 0.15) is 6.33 Å². The molecule has 0 aliphatic rings. The number of anilines is 2. The molecule has 0 radical (unpaired) electrons. The number of nitrogens with zero attached hydrogens (tertiary/aromatic N) is 5. The fourth-order valence-electron chi connectivity index (χ4n) is 1.42. The highest BCUT2D eigenvalue weighted by atomic mass is 16.6. The Labute approximate surface area is 110 Å². The van der Waals surface area contributed by atoms with Crippen molar-refractivity contribution in [1.29, 1.82) is 0 Å². The van der Waals surface area contributed by atoms with Crippen molar-refractivity contribution in [2.75, 3.05) is 45.0 Å². The van der Waals surface area contributed by atoms with Crippen molar-refractivity contribution in [1.82, 2.24) is 14.9 Å². The van der Waals surface area contributed by atoms with Crippen LogP contribution in [-0.2, 0) is 4.79 Å². The molecule has 9 heteroatoms. The van der Waals surface area contributed by atoms with Crippen LogP contribution >= 0.6 is 0 Å². The van der Waals surface area contributed by atoms with Gasteiger partial charge < -0.3 is 15.1 Å². The van der Waals surface area contributed by atoms with Crippen molar-refractivity contribution in [3.05, 3.63) is 16.4 Å². The molecule has 0 unspecified atom stereocenters. The third-order valence-electron chi connectivity index (χ3n) is 2.46. The average Bonchev–Trinajstić information content (AvgIpc) is 2.37. The number of hydrogen-bond donors (Lipinski definition) is 1. The van der Waals surface area contributed by atoms with E-state index in [1.807, 2.05) is 0 Å². The van der Waals surface area contributed by atoms with Crippen LogP contribution < -0.4 is 10.2 Å². The molecule has 0 spiro atoms. The normalized spacial score (nSPS) is 9.89. The Hall–Kier alpha value is -2.45. The lowest BCUT2D eigenvalue weighted by atomic mass is 10.4. The minimum atomic E-state index is -0.572. The number of nitro groups is 1. The molecule has 0 fully saturated rings. The molecular formula is C10H16N6O3. The van der Waals surface area contributed by atoms with E-state index in [2.05, 4.69) is 15.3 Å². The molecule has 0 aliphatic carbocycles. The van der Waals surface area contributed by atoms with Gasteiger partial charge in [-0.1, -0.05) is 0 Å². The molecule has 104 valence electrons. The number of aromatic nitrogens is 2. The average molecular weight is 268 g/mol. The highest BCUT2D eigenvalue weighted by Gasteiger charge is 2.25. The molecule has 1 N–H and O–H groups in total. The number of carbonyl (C=O) groups is 1. The van der Waals surface area contributed by atoms with Gasteiger partial charge in [-0.15, -0.1) is 0 Å². The smallest absolute Gasteiger partial charge is 0.353 e. The molecule has 1 amide bonds. The van der Waals surface area contributed by atoms with Crippen LogP contribution in [0.3, 0.4) is 0 Å². The monoisotopic (exact) mass is 268 g/mol. The van der Waals surface area contributed by atoms with E-state index in [0.29, 0.717) is 0 Å². The third kappa shape index (κ3) is 3.27. The van der Waals surface area contributed by atoms with Gasteiger partial charge in [-0.3, -0.25) is 14.9 Å². The predicted molar refractivity (Wildman–Crippen MR) is 70.2 cm³/mol. The second kappa shape index (κ2) is 5.94. The zero-order valence-corrected chi connectivity index (χ0v) is 11.2. The van der Waals surface area contributed by atoms with Gasteiger partial charge in [-0.05, 0) is 0 Å². The SMILES string of the molecule is CNc1ncnc(N(C)CC(=O)N(C)C)c1[N+](=O)[O-]. The summed E-state index contributed by atoms with van der Waals surface area (Å²) in [6.07, 6.45) is 1.21. The molecule has 0 atom stereocenters. The molecule has 1 rings (SSSR count). The standard InChI is InChI=1S/C10H16N6O3/c1-11-9-8(16(18)19)10(13-6-12-9)15(4)5-7(17)14(2)3/h6H,5H2,1-4H3,(H,11,12,13). The summed E-state index contributed by atoms with van der Waals surface area (Å²) in [6, 6.07) is 0. The number of hydrogen-bond acceptors (Lipinski definition) is 7. The second-order valence-electron chi connectivity index (χ2n) is 4.05. The zero-order chi connectivity index (χ0) is 14.6. The summed E-state index contributed by atoms with van der Waals surface area (Å²) >= 11 is 0. The third-order valence-corrected chi connectivity index (χ3v) is 2.46. The van der Waals surface area contributed by atoms with Gasteiger partial charge in [-0.25, -0.2) is 9.97 Å². The molecule has 0 saturated carbocycles. The summed E-state index contributed by atoms with van der Waals surface area (Å²) < 4.78 is 0. The van der Waals surface area contributed by atoms with Gasteiger partial charge in [0.2, 0.25) is 17.5 Å². The van der Waals surface area contributed by atoms with Gasteiger partial charge in [-0.2, -0.15) is 0 Å². The molecular weight excluding hydrogens is 252 g/mol. The van der Waals surface area contributed by atoms with Gasteiger partial charge in [0.05, 0.1) is 11.5 Å². The lowest BCUT2D eigenvalue weighted by Gasteiger charge is -2.20. The van der Waals surface area contributed by atoms with E-state index >= 15 is 0 Å². The highest BCUT2D eigenvalue weighted by Crippen LogP contribution is 2.30. The zero-order valence-electron chi connectivity index (χ0n) is 11.2. The van der Waals surface area contributed by atoms with E-state index in [0.717, 1.165) is 0 Å². The van der Waals surface area contributed by atoms with Crippen molar-refractivity contribution in [2.24, 2.45) is 0 Å². The molecule has 9 nitrogen and oxygen atoms in total. The van der Waals surface area contributed by atoms with Crippen LogP contribution in [0, 0.1) is 10.1 Å². The maximum atomic E-state index is 11.6. The Morgan fingerprint density at radius 2 is 2.05 bits per heavy atom. The van der Waals surface area contributed by atoms with E-state index in [-0.39, 0.29) is 29.8 Å². The molecule has 1 aromatic rings. The Kier molecular flexibility index (Phi) is 4.56. The van der Waals surface area contributed by atoms with E-state index in [9.17, 15) is 14.9 Å². The van der Waals surface area contributed by atoms with Crippen LogP contribution in [0.4, 0.5) is 17.3 Å². The quantitative estimate of drug-likeness (QED) is 0.589. The van der Waals surface area contributed by atoms with Crippen LogP contribution in [0.5, 0.6) is 0 Å². The van der Waals surface area contributed by atoms with Crippen LogP contribution in [0.25, 0.3) is 0 Å². The number of amides is 1. The first kappa shape index (κ1) is 14.6. The minimum absolute atomic E-state index is 0.00594. The van der Waals surface area contributed by atoms with Crippen molar-refractivity contribution in [3.63, 3.8) is 0 Å². The Balaban J connectivity index is 3.12. The van der Waals surface area contributed by atoms with Crippen molar-refractivity contribution in [3.8, 4) is 0 Å². The number of carbonyl (C=O) groups excluding carboxylic acids is 1. The van der Waals surface area contributed by atoms with Crippen LogP contribution in [0.2, 0.25) is 0 Å². The van der Waals surface area contributed by atoms with Gasteiger partial charge in [0, 0.05) is 28.2 Å². The summed E-state index contributed by atoms with van der Waals surface area (Å²) in [5.41, 5.74) is -0.251. The highest BCUT2D eigenvalue weighted by molar-refractivity contribution is 5.82. The van der Waals surface area contributed by atoms with Crippen molar-refractivity contribution >= 4 is 23.2 Å². The van der Waals surface area contributed by atoms with Crippen LogP contribution in [-0.4, -0.2) is 60.4 Å². The van der Waals surface area contributed by atoms with Gasteiger partial charge >= 0.3 is 5.69 Å². The van der Waals surface area contributed by atoms with Gasteiger partial charge in [0.25, 0.3) is 0 Å². The van der Waals surface area contributed by atoms with Crippen molar-refractivity contribution in [2.45, 2.75) is 0 Å². The van der Waals surface area contributed by atoms with E-state index in [1.165, 1.54) is 23.2 Å². The maximum absolute atomic E-state index is 11.6. The number of nitrogens with one attached hydrogen (secondary N) is 1. The topological polar surface area (TPSA) is 104 Å². The molecule has 0 saturated heterocycles. The minimum Gasteiger partial charge on any atom is -0.367 e. The Bertz CT molecular complexity index is 490. The fourth-order valence-corrected chi connectivity index (χ4v) is 1.42. The summed E-state index contributed by atoms with van der Waals surface area (Å²) in [6.45, 7) is -0.00594. The van der Waals surface area contributed by atoms with Crippen LogP contribution in [0.1, 0.15) is 0 Å². The number of rotatable bonds is 5. The molecule has 1 heterocycles. The number of likely N-dealkylation sites (N-methyl/N-ethyl adjacent to an activating group) is 2. The lowest BCUT2D eigenvalue weighted by Crippen LogP contribution is -2.35. The van der Waals surface area contributed by atoms with E-state index in [1.54, 1.807) is 21.1 Å². The predicted octanol–water partition coefficient (Wildman–Crippen LogP) is -0.0491. The molecule has 0 aliphatic heterocycles. The fraction of sp³-hybridized carbons (Fsp3) is 0.500. The molecule has 0 bridgehead atoms. The lowest BCUT2D eigenvalue weighted by molar-refractivity contribution is -0.383. The largest absolute Gasteiger partial charge is 0.367 e. The first-order chi connectivity index (χ1) is 8.88. The molecule has 19 heavy (non-hydrogen) atoms. The summed E-state index contributed by atoms with van der Waals surface area (Å²) in [7, 11) is 6.33.